The lowest BCUT2D eigenvalue weighted by Crippen LogP contribution is -2.47. The van der Waals surface area contributed by atoms with E-state index in [0.717, 1.165) is 12.8 Å². The molecular weight excluding hydrogens is 258 g/mol. The molecule has 1 atom stereocenters. The lowest BCUT2D eigenvalue weighted by Gasteiger charge is -2.22. The van der Waals surface area contributed by atoms with Crippen molar-refractivity contribution in [2.24, 2.45) is 5.14 Å². The second-order valence-electron chi connectivity index (χ2n) is 4.13. The van der Waals surface area contributed by atoms with Gasteiger partial charge in [0.2, 0.25) is 11.0 Å². The monoisotopic (exact) mass is 273 g/mol. The second kappa shape index (κ2) is 5.09. The van der Waals surface area contributed by atoms with Gasteiger partial charge in [-0.15, -0.1) is 0 Å². The van der Waals surface area contributed by atoms with Crippen molar-refractivity contribution in [1.29, 1.82) is 0 Å². The molecule has 0 aliphatic carbocycles. The van der Waals surface area contributed by atoms with Crippen LogP contribution in [-0.4, -0.2) is 26.9 Å². The van der Waals surface area contributed by atoms with Gasteiger partial charge in [0.1, 0.15) is 5.76 Å². The van der Waals surface area contributed by atoms with Crippen LogP contribution in [0.15, 0.2) is 21.6 Å². The zero-order valence-corrected chi connectivity index (χ0v) is 10.5. The Morgan fingerprint density at radius 2 is 2.28 bits per heavy atom. The Kier molecular flexibility index (Phi) is 3.69. The highest BCUT2D eigenvalue weighted by Gasteiger charge is 2.21. The first kappa shape index (κ1) is 13.1. The van der Waals surface area contributed by atoms with Crippen LogP contribution in [0.5, 0.6) is 0 Å². The molecule has 1 fully saturated rings. The lowest BCUT2D eigenvalue weighted by atomic mass is 10.1. The van der Waals surface area contributed by atoms with Gasteiger partial charge in [0.25, 0.3) is 10.0 Å². The fraction of sp³-hybridized carbons (Fsp3) is 0.500. The van der Waals surface area contributed by atoms with Crippen molar-refractivity contribution in [2.75, 3.05) is 6.54 Å². The smallest absolute Gasteiger partial charge is 0.271 e. The Morgan fingerprint density at radius 3 is 2.89 bits per heavy atom. The molecule has 1 saturated heterocycles. The molecule has 8 heteroatoms. The third-order valence-corrected chi connectivity index (χ3v) is 3.51. The predicted octanol–water partition coefficient (Wildman–Crippen LogP) is -0.705. The van der Waals surface area contributed by atoms with Crippen molar-refractivity contribution in [2.45, 2.75) is 30.5 Å². The number of piperidine rings is 1. The zero-order chi connectivity index (χ0) is 13.2. The van der Waals surface area contributed by atoms with Gasteiger partial charge in [-0.2, -0.15) is 0 Å². The largest absolute Gasteiger partial charge is 0.447 e. The summed E-state index contributed by atoms with van der Waals surface area (Å²) < 4.78 is 27.1. The maximum Gasteiger partial charge on any atom is 0.271 e. The molecule has 0 saturated carbocycles. The number of rotatable bonds is 4. The van der Waals surface area contributed by atoms with Crippen molar-refractivity contribution < 1.29 is 17.6 Å². The van der Waals surface area contributed by atoms with Gasteiger partial charge < -0.3 is 9.73 Å². The standard InChI is InChI=1S/C10H15N3O4S/c11-18(15,16)9-4-3-7(17-9)6-13-8-2-1-5-12-10(8)14/h3-4,8,13H,1-2,5-6H2,(H,12,14)(H2,11,15,16). The Hall–Kier alpha value is -1.38. The topological polar surface area (TPSA) is 114 Å². The van der Waals surface area contributed by atoms with E-state index in [0.29, 0.717) is 12.3 Å². The minimum absolute atomic E-state index is 0.0422. The molecule has 100 valence electrons. The van der Waals surface area contributed by atoms with Crippen LogP contribution in [0.1, 0.15) is 18.6 Å². The van der Waals surface area contributed by atoms with E-state index in [2.05, 4.69) is 10.6 Å². The Labute approximate surface area is 105 Å². The van der Waals surface area contributed by atoms with Gasteiger partial charge in [-0.1, -0.05) is 0 Å². The molecule has 1 unspecified atom stereocenters. The molecule has 7 nitrogen and oxygen atoms in total. The van der Waals surface area contributed by atoms with Gasteiger partial charge in [0.15, 0.2) is 0 Å². The Balaban J connectivity index is 1.94. The van der Waals surface area contributed by atoms with Crippen LogP contribution in [0.4, 0.5) is 0 Å². The molecule has 1 aliphatic heterocycles. The van der Waals surface area contributed by atoms with Crippen LogP contribution in [0, 0.1) is 0 Å². The number of sulfonamides is 1. The predicted molar refractivity (Wildman–Crippen MR) is 63.0 cm³/mol. The maximum atomic E-state index is 11.5. The van der Waals surface area contributed by atoms with E-state index in [4.69, 9.17) is 9.56 Å². The zero-order valence-electron chi connectivity index (χ0n) is 9.68. The Bertz CT molecular complexity index is 537. The molecule has 2 rings (SSSR count). The number of carbonyl (C=O) groups excluding carboxylic acids is 1. The van der Waals surface area contributed by atoms with Crippen LogP contribution >= 0.6 is 0 Å². The summed E-state index contributed by atoms with van der Waals surface area (Å²) in [4.78, 5) is 11.5. The number of nitrogens with one attached hydrogen (secondary N) is 2. The summed E-state index contributed by atoms with van der Waals surface area (Å²) in [6.45, 7) is 0.987. The van der Waals surface area contributed by atoms with Crippen molar-refractivity contribution in [3.05, 3.63) is 17.9 Å². The first-order chi connectivity index (χ1) is 8.47. The number of amides is 1. The van der Waals surface area contributed by atoms with Crippen molar-refractivity contribution in [3.8, 4) is 0 Å². The van der Waals surface area contributed by atoms with Crippen molar-refractivity contribution in [3.63, 3.8) is 0 Å². The third-order valence-electron chi connectivity index (χ3n) is 2.73. The maximum absolute atomic E-state index is 11.5. The van der Waals surface area contributed by atoms with E-state index in [1.807, 2.05) is 0 Å². The molecule has 0 radical (unpaired) electrons. The van der Waals surface area contributed by atoms with Crippen LogP contribution in [0.3, 0.4) is 0 Å². The van der Waals surface area contributed by atoms with Crippen LogP contribution in [-0.2, 0) is 21.4 Å². The highest BCUT2D eigenvalue weighted by atomic mass is 32.2. The number of furan rings is 1. The van der Waals surface area contributed by atoms with E-state index < -0.39 is 10.0 Å². The van der Waals surface area contributed by atoms with E-state index in [1.165, 1.54) is 12.1 Å². The molecule has 1 aromatic heterocycles. The SMILES string of the molecule is NS(=O)(=O)c1ccc(CNC2CCCNC2=O)o1. The fourth-order valence-corrected chi connectivity index (χ4v) is 2.28. The summed E-state index contributed by atoms with van der Waals surface area (Å²) in [6, 6.07) is 2.56. The van der Waals surface area contributed by atoms with Gasteiger partial charge in [-0.3, -0.25) is 10.1 Å². The summed E-state index contributed by atoms with van der Waals surface area (Å²) in [5.74, 6) is 0.386. The van der Waals surface area contributed by atoms with Gasteiger partial charge in [0, 0.05) is 6.54 Å². The molecule has 1 aliphatic rings. The Morgan fingerprint density at radius 1 is 1.50 bits per heavy atom. The number of primary sulfonamides is 1. The highest BCUT2D eigenvalue weighted by molar-refractivity contribution is 7.89. The molecule has 1 amide bonds. The average molecular weight is 273 g/mol. The molecular formula is C10H15N3O4S. The lowest BCUT2D eigenvalue weighted by molar-refractivity contribution is -0.124. The van der Waals surface area contributed by atoms with Crippen LogP contribution in [0.25, 0.3) is 0 Å². The molecule has 0 aromatic carbocycles. The number of carbonyl (C=O) groups is 1. The number of nitrogens with two attached hydrogens (primary N) is 1. The number of hydrogen-bond donors (Lipinski definition) is 3. The molecule has 2 heterocycles. The summed E-state index contributed by atoms with van der Waals surface area (Å²) in [5.41, 5.74) is 0. The summed E-state index contributed by atoms with van der Waals surface area (Å²) >= 11 is 0. The van der Waals surface area contributed by atoms with Gasteiger partial charge in [0.05, 0.1) is 12.6 Å². The highest BCUT2D eigenvalue weighted by Crippen LogP contribution is 2.12. The van der Waals surface area contributed by atoms with Gasteiger partial charge in [-0.25, -0.2) is 13.6 Å². The van der Waals surface area contributed by atoms with Crippen LogP contribution < -0.4 is 15.8 Å². The van der Waals surface area contributed by atoms with Crippen LogP contribution in [0.2, 0.25) is 0 Å². The van der Waals surface area contributed by atoms with E-state index in [-0.39, 0.29) is 23.6 Å². The third kappa shape index (κ3) is 3.09. The molecule has 0 bridgehead atoms. The average Bonchev–Trinajstić information content (AvgIpc) is 2.76. The summed E-state index contributed by atoms with van der Waals surface area (Å²) in [7, 11) is -3.81. The van der Waals surface area contributed by atoms with Crippen molar-refractivity contribution >= 4 is 15.9 Å². The summed E-state index contributed by atoms with van der Waals surface area (Å²) in [5, 5.41) is 10.4. The molecule has 18 heavy (non-hydrogen) atoms. The fourth-order valence-electron chi connectivity index (χ4n) is 1.80. The molecule has 1 aromatic rings. The molecule has 4 N–H and O–H groups in total. The van der Waals surface area contributed by atoms with E-state index >= 15 is 0 Å². The van der Waals surface area contributed by atoms with E-state index in [1.54, 1.807) is 0 Å². The van der Waals surface area contributed by atoms with E-state index in [9.17, 15) is 13.2 Å². The quantitative estimate of drug-likeness (QED) is 0.671. The second-order valence-corrected chi connectivity index (χ2v) is 5.62. The van der Waals surface area contributed by atoms with Crippen molar-refractivity contribution in [1.82, 2.24) is 10.6 Å². The first-order valence-electron chi connectivity index (χ1n) is 5.59. The minimum Gasteiger partial charge on any atom is -0.447 e. The number of hydrogen-bond acceptors (Lipinski definition) is 5. The van der Waals surface area contributed by atoms with Gasteiger partial charge >= 0.3 is 0 Å². The minimum atomic E-state index is -3.81. The normalized spacial score (nSPS) is 20.7. The first-order valence-corrected chi connectivity index (χ1v) is 7.14. The van der Waals surface area contributed by atoms with Gasteiger partial charge in [-0.05, 0) is 25.0 Å². The summed E-state index contributed by atoms with van der Waals surface area (Å²) in [6.07, 6.45) is 1.68. The molecule has 0 spiro atoms.